The van der Waals surface area contributed by atoms with Crippen LogP contribution in [0.5, 0.6) is 0 Å². The minimum atomic E-state index is 0.0613. The summed E-state index contributed by atoms with van der Waals surface area (Å²) in [4.78, 5) is 0. The van der Waals surface area contributed by atoms with Gasteiger partial charge < -0.3 is 11.1 Å². The van der Waals surface area contributed by atoms with Gasteiger partial charge in [-0.05, 0) is 36.8 Å². The molecule has 0 radical (unpaired) electrons. The molecule has 0 aliphatic rings. The molecule has 0 amide bonds. The molecule has 2 rings (SSSR count). The molecule has 1 atom stereocenters. The van der Waals surface area contributed by atoms with Crippen LogP contribution in [0.4, 0.5) is 11.4 Å². The lowest BCUT2D eigenvalue weighted by atomic mass is 10.1. The number of nitrogens with one attached hydrogen (secondary N) is 1. The number of nitrogens with zero attached hydrogens (tertiary/aromatic N) is 1. The van der Waals surface area contributed by atoms with Gasteiger partial charge in [-0.15, -0.1) is 0 Å². The monoisotopic (exact) mass is 271 g/mol. The molecule has 0 aromatic heterocycles. The van der Waals surface area contributed by atoms with Crippen molar-refractivity contribution in [3.63, 3.8) is 0 Å². The van der Waals surface area contributed by atoms with E-state index < -0.39 is 0 Å². The normalized spacial score (nSPS) is 11.6. The Bertz CT molecular complexity index is 614. The second kappa shape index (κ2) is 5.64. The molecule has 0 fully saturated rings. The number of rotatable bonds is 3. The molecule has 0 heterocycles. The quantitative estimate of drug-likeness (QED) is 0.831. The molecule has 96 valence electrons. The molecule has 0 saturated heterocycles. The Balaban J connectivity index is 2.24. The molecule has 19 heavy (non-hydrogen) atoms. The van der Waals surface area contributed by atoms with Crippen LogP contribution in [-0.2, 0) is 0 Å². The molecule has 2 aromatic rings. The van der Waals surface area contributed by atoms with Crippen molar-refractivity contribution >= 4 is 23.0 Å². The lowest BCUT2D eigenvalue weighted by molar-refractivity contribution is 0.884. The smallest absolute Gasteiger partial charge is 0.103 e. The van der Waals surface area contributed by atoms with Gasteiger partial charge in [0.2, 0.25) is 0 Å². The molecule has 0 aliphatic heterocycles. The number of nitrogen functional groups attached to an aromatic ring is 1. The zero-order valence-corrected chi connectivity index (χ0v) is 11.3. The van der Waals surface area contributed by atoms with E-state index in [2.05, 4.69) is 11.4 Å². The van der Waals surface area contributed by atoms with Crippen LogP contribution < -0.4 is 11.1 Å². The van der Waals surface area contributed by atoms with E-state index in [1.807, 2.05) is 43.3 Å². The van der Waals surface area contributed by atoms with E-state index in [9.17, 15) is 0 Å². The third-order valence-corrected chi connectivity index (χ3v) is 3.25. The summed E-state index contributed by atoms with van der Waals surface area (Å²) in [5.41, 5.74) is 8.69. The Morgan fingerprint density at radius 1 is 1.21 bits per heavy atom. The molecule has 2 aromatic carbocycles. The third kappa shape index (κ3) is 2.98. The van der Waals surface area contributed by atoms with Crippen LogP contribution in [0.15, 0.2) is 42.5 Å². The van der Waals surface area contributed by atoms with Gasteiger partial charge in [0.1, 0.15) is 6.07 Å². The number of halogens is 1. The fourth-order valence-corrected chi connectivity index (χ4v) is 2.08. The Kier molecular flexibility index (Phi) is 3.94. The first-order valence-electron chi connectivity index (χ1n) is 5.92. The maximum atomic E-state index is 9.13. The van der Waals surface area contributed by atoms with Crippen molar-refractivity contribution in [2.45, 2.75) is 13.0 Å². The highest BCUT2D eigenvalue weighted by Crippen LogP contribution is 2.27. The van der Waals surface area contributed by atoms with Crippen LogP contribution in [0.3, 0.4) is 0 Å². The highest BCUT2D eigenvalue weighted by molar-refractivity contribution is 6.32. The summed E-state index contributed by atoms with van der Waals surface area (Å²) in [5.74, 6) is 0. The number of anilines is 2. The highest BCUT2D eigenvalue weighted by atomic mass is 35.5. The average molecular weight is 272 g/mol. The number of nitrogens with two attached hydrogens (primary N) is 1. The van der Waals surface area contributed by atoms with Crippen LogP contribution >= 0.6 is 11.6 Å². The minimum Gasteiger partial charge on any atom is -0.399 e. The largest absolute Gasteiger partial charge is 0.399 e. The van der Waals surface area contributed by atoms with Gasteiger partial charge in [0.25, 0.3) is 0 Å². The molecule has 3 nitrogen and oxygen atoms in total. The highest BCUT2D eigenvalue weighted by Gasteiger charge is 2.10. The molecule has 4 heteroatoms. The summed E-state index contributed by atoms with van der Waals surface area (Å²) in [6.07, 6.45) is 0. The predicted octanol–water partition coefficient (Wildman–Crippen LogP) is 3.97. The molecule has 0 saturated carbocycles. The van der Waals surface area contributed by atoms with Crippen LogP contribution in [0.2, 0.25) is 5.02 Å². The van der Waals surface area contributed by atoms with Crippen LogP contribution in [0.1, 0.15) is 24.1 Å². The van der Waals surface area contributed by atoms with E-state index >= 15 is 0 Å². The van der Waals surface area contributed by atoms with Gasteiger partial charge in [0, 0.05) is 11.7 Å². The molecule has 0 bridgehead atoms. The van der Waals surface area contributed by atoms with Crippen LogP contribution in [0.25, 0.3) is 0 Å². The van der Waals surface area contributed by atoms with Crippen molar-refractivity contribution in [1.29, 1.82) is 5.26 Å². The minimum absolute atomic E-state index is 0.0613. The van der Waals surface area contributed by atoms with E-state index in [1.54, 1.807) is 6.07 Å². The zero-order chi connectivity index (χ0) is 13.8. The standard InChI is InChI=1S/C15H14ClN3/c1-10(11-5-7-12(18)8-6-11)19-15-4-2-3-14(16)13(15)9-17/h2-8,10,19H,18H2,1H3. The molecule has 1 unspecified atom stereocenters. The Labute approximate surface area is 117 Å². The van der Waals surface area contributed by atoms with Crippen molar-refractivity contribution < 1.29 is 0 Å². The first kappa shape index (κ1) is 13.3. The summed E-state index contributed by atoms with van der Waals surface area (Å²) in [6, 6.07) is 15.2. The van der Waals surface area contributed by atoms with Gasteiger partial charge >= 0.3 is 0 Å². The zero-order valence-electron chi connectivity index (χ0n) is 10.5. The van der Waals surface area contributed by atoms with E-state index in [0.717, 1.165) is 16.9 Å². The second-order valence-electron chi connectivity index (χ2n) is 4.31. The first-order valence-corrected chi connectivity index (χ1v) is 6.30. The van der Waals surface area contributed by atoms with Crippen molar-refractivity contribution in [3.8, 4) is 6.07 Å². The Morgan fingerprint density at radius 2 is 1.89 bits per heavy atom. The second-order valence-corrected chi connectivity index (χ2v) is 4.71. The SMILES string of the molecule is CC(Nc1cccc(Cl)c1C#N)c1ccc(N)cc1. The van der Waals surface area contributed by atoms with Gasteiger partial charge in [0.15, 0.2) is 0 Å². The maximum absolute atomic E-state index is 9.13. The van der Waals surface area contributed by atoms with E-state index in [1.165, 1.54) is 0 Å². The maximum Gasteiger partial charge on any atom is 0.103 e. The van der Waals surface area contributed by atoms with Crippen LogP contribution in [0, 0.1) is 11.3 Å². The molecular weight excluding hydrogens is 258 g/mol. The fourth-order valence-electron chi connectivity index (χ4n) is 1.86. The van der Waals surface area contributed by atoms with E-state index in [-0.39, 0.29) is 6.04 Å². The van der Waals surface area contributed by atoms with Crippen LogP contribution in [-0.4, -0.2) is 0 Å². The summed E-state index contributed by atoms with van der Waals surface area (Å²) >= 11 is 6.00. The lowest BCUT2D eigenvalue weighted by Gasteiger charge is -2.17. The van der Waals surface area contributed by atoms with E-state index in [0.29, 0.717) is 10.6 Å². The van der Waals surface area contributed by atoms with Crippen molar-refractivity contribution in [2.75, 3.05) is 11.1 Å². The van der Waals surface area contributed by atoms with Gasteiger partial charge in [-0.3, -0.25) is 0 Å². The summed E-state index contributed by atoms with van der Waals surface area (Å²) < 4.78 is 0. The van der Waals surface area contributed by atoms with Gasteiger partial charge in [-0.2, -0.15) is 5.26 Å². The Morgan fingerprint density at radius 3 is 2.53 bits per heavy atom. The molecule has 3 N–H and O–H groups in total. The lowest BCUT2D eigenvalue weighted by Crippen LogP contribution is -2.08. The number of nitriles is 1. The number of hydrogen-bond donors (Lipinski definition) is 2. The van der Waals surface area contributed by atoms with Crippen molar-refractivity contribution in [1.82, 2.24) is 0 Å². The van der Waals surface area contributed by atoms with E-state index in [4.69, 9.17) is 22.6 Å². The summed E-state index contributed by atoms with van der Waals surface area (Å²) in [7, 11) is 0. The van der Waals surface area contributed by atoms with Gasteiger partial charge in [-0.1, -0.05) is 29.8 Å². The fraction of sp³-hybridized carbons (Fsp3) is 0.133. The third-order valence-electron chi connectivity index (χ3n) is 2.93. The summed E-state index contributed by atoms with van der Waals surface area (Å²) in [6.45, 7) is 2.02. The van der Waals surface area contributed by atoms with Gasteiger partial charge in [0.05, 0.1) is 16.3 Å². The molecular formula is C15H14ClN3. The Hall–Kier alpha value is -2.18. The number of benzene rings is 2. The predicted molar refractivity (Wildman–Crippen MR) is 79.1 cm³/mol. The summed E-state index contributed by atoms with van der Waals surface area (Å²) in [5, 5.41) is 12.9. The van der Waals surface area contributed by atoms with Gasteiger partial charge in [-0.25, -0.2) is 0 Å². The topological polar surface area (TPSA) is 61.8 Å². The average Bonchev–Trinajstić information content (AvgIpc) is 2.39. The molecule has 0 aliphatic carbocycles. The number of hydrogen-bond acceptors (Lipinski definition) is 3. The van der Waals surface area contributed by atoms with Crippen molar-refractivity contribution in [2.24, 2.45) is 0 Å². The molecule has 0 spiro atoms. The first-order chi connectivity index (χ1) is 9.11. The van der Waals surface area contributed by atoms with Crippen molar-refractivity contribution in [3.05, 3.63) is 58.6 Å².